The van der Waals surface area contributed by atoms with Gasteiger partial charge in [-0.2, -0.15) is 0 Å². The van der Waals surface area contributed by atoms with Gasteiger partial charge in [-0.05, 0) is 38.3 Å². The Labute approximate surface area is 72.7 Å². The normalized spacial score (nSPS) is 10.5. The summed E-state index contributed by atoms with van der Waals surface area (Å²) in [6, 6.07) is 5.91. The standard InChI is InChI=1S/C10H12N2/c1-4-12-10-7-8(2)5-6-9(10)11-3/h4-7H,3H2,1-2H3/b12-4-. The van der Waals surface area contributed by atoms with Gasteiger partial charge in [0.1, 0.15) is 0 Å². The van der Waals surface area contributed by atoms with Crippen LogP contribution in [0.25, 0.3) is 0 Å². The lowest BCUT2D eigenvalue weighted by molar-refractivity contribution is 1.40. The van der Waals surface area contributed by atoms with Crippen LogP contribution in [-0.2, 0) is 0 Å². The highest BCUT2D eigenvalue weighted by atomic mass is 14.8. The van der Waals surface area contributed by atoms with Crippen molar-refractivity contribution in [1.82, 2.24) is 0 Å². The fourth-order valence-electron chi connectivity index (χ4n) is 1.01. The zero-order valence-corrected chi connectivity index (χ0v) is 7.41. The van der Waals surface area contributed by atoms with Crippen molar-refractivity contribution in [2.45, 2.75) is 13.8 Å². The Morgan fingerprint density at radius 3 is 2.67 bits per heavy atom. The molecule has 0 aliphatic heterocycles. The minimum atomic E-state index is 0.832. The van der Waals surface area contributed by atoms with Crippen LogP contribution in [0.2, 0.25) is 0 Å². The van der Waals surface area contributed by atoms with Crippen LogP contribution in [0.4, 0.5) is 11.4 Å². The molecule has 2 nitrogen and oxygen atoms in total. The minimum Gasteiger partial charge on any atom is -0.262 e. The molecule has 0 saturated heterocycles. The first-order valence-electron chi connectivity index (χ1n) is 3.84. The van der Waals surface area contributed by atoms with Crippen molar-refractivity contribution in [2.24, 2.45) is 9.98 Å². The van der Waals surface area contributed by atoms with E-state index in [9.17, 15) is 0 Å². The molecule has 0 heterocycles. The number of aryl methyl sites for hydroxylation is 1. The monoisotopic (exact) mass is 160 g/mol. The van der Waals surface area contributed by atoms with Crippen LogP contribution in [0.1, 0.15) is 12.5 Å². The molecular weight excluding hydrogens is 148 g/mol. The number of aliphatic imine (C=N–C) groups is 2. The van der Waals surface area contributed by atoms with Gasteiger partial charge in [-0.25, -0.2) is 0 Å². The average molecular weight is 160 g/mol. The van der Waals surface area contributed by atoms with E-state index in [1.807, 2.05) is 32.0 Å². The third-order valence-corrected chi connectivity index (χ3v) is 1.57. The highest BCUT2D eigenvalue weighted by Gasteiger charge is 1.96. The van der Waals surface area contributed by atoms with Gasteiger partial charge in [0.25, 0.3) is 0 Å². The topological polar surface area (TPSA) is 24.7 Å². The lowest BCUT2D eigenvalue weighted by Gasteiger charge is -1.99. The predicted molar refractivity (Wildman–Crippen MR) is 54.2 cm³/mol. The van der Waals surface area contributed by atoms with Crippen molar-refractivity contribution in [3.63, 3.8) is 0 Å². The number of benzene rings is 1. The first-order chi connectivity index (χ1) is 5.77. The van der Waals surface area contributed by atoms with E-state index in [1.165, 1.54) is 5.56 Å². The van der Waals surface area contributed by atoms with E-state index in [2.05, 4.69) is 16.7 Å². The van der Waals surface area contributed by atoms with Crippen molar-refractivity contribution < 1.29 is 0 Å². The third-order valence-electron chi connectivity index (χ3n) is 1.57. The Hall–Kier alpha value is -1.44. The second-order valence-corrected chi connectivity index (χ2v) is 2.54. The molecule has 0 atom stereocenters. The summed E-state index contributed by atoms with van der Waals surface area (Å²) in [6.07, 6.45) is 1.75. The molecule has 0 fully saturated rings. The summed E-state index contributed by atoms with van der Waals surface area (Å²) in [4.78, 5) is 8.05. The van der Waals surface area contributed by atoms with E-state index in [1.54, 1.807) is 6.21 Å². The third kappa shape index (κ3) is 1.78. The predicted octanol–water partition coefficient (Wildman–Crippen LogP) is 3.05. The molecule has 1 aromatic rings. The first-order valence-corrected chi connectivity index (χ1v) is 3.84. The highest BCUT2D eigenvalue weighted by Crippen LogP contribution is 2.27. The Morgan fingerprint density at radius 1 is 1.33 bits per heavy atom. The molecule has 2 heteroatoms. The molecule has 1 rings (SSSR count). The van der Waals surface area contributed by atoms with Gasteiger partial charge >= 0.3 is 0 Å². The Bertz CT molecular complexity index is 314. The fraction of sp³-hybridized carbons (Fsp3) is 0.200. The molecule has 0 amide bonds. The van der Waals surface area contributed by atoms with Crippen molar-refractivity contribution in [1.29, 1.82) is 0 Å². The summed E-state index contributed by atoms with van der Waals surface area (Å²) in [7, 11) is 0. The molecule has 0 saturated carbocycles. The zero-order chi connectivity index (χ0) is 8.97. The lowest BCUT2D eigenvalue weighted by atomic mass is 10.2. The second-order valence-electron chi connectivity index (χ2n) is 2.54. The van der Waals surface area contributed by atoms with Crippen molar-refractivity contribution in [2.75, 3.05) is 0 Å². The molecule has 0 spiro atoms. The average Bonchev–Trinajstić information content (AvgIpc) is 2.05. The van der Waals surface area contributed by atoms with Crippen LogP contribution < -0.4 is 0 Å². The van der Waals surface area contributed by atoms with Gasteiger partial charge in [0.05, 0.1) is 11.4 Å². The first kappa shape index (κ1) is 8.65. The molecule has 0 N–H and O–H groups in total. The largest absolute Gasteiger partial charge is 0.262 e. The summed E-state index contributed by atoms with van der Waals surface area (Å²) in [5, 5.41) is 0. The molecule has 62 valence electrons. The summed E-state index contributed by atoms with van der Waals surface area (Å²) in [5.74, 6) is 0. The molecule has 0 radical (unpaired) electrons. The van der Waals surface area contributed by atoms with Gasteiger partial charge in [0.15, 0.2) is 0 Å². The Balaban J connectivity index is 3.20. The minimum absolute atomic E-state index is 0.832. The number of nitrogens with zero attached hydrogens (tertiary/aromatic N) is 2. The smallest absolute Gasteiger partial charge is 0.0884 e. The molecule has 0 aromatic heterocycles. The van der Waals surface area contributed by atoms with Crippen molar-refractivity contribution >= 4 is 24.3 Å². The SMILES string of the molecule is C=Nc1ccc(C)cc1/N=C\C. The molecule has 0 unspecified atom stereocenters. The number of rotatable bonds is 2. The summed E-state index contributed by atoms with van der Waals surface area (Å²) >= 11 is 0. The number of hydrogen-bond donors (Lipinski definition) is 0. The molecular formula is C10H12N2. The molecule has 12 heavy (non-hydrogen) atoms. The lowest BCUT2D eigenvalue weighted by Crippen LogP contribution is -1.72. The Morgan fingerprint density at radius 2 is 2.08 bits per heavy atom. The van der Waals surface area contributed by atoms with Crippen LogP contribution in [0.5, 0.6) is 0 Å². The van der Waals surface area contributed by atoms with E-state index in [-0.39, 0.29) is 0 Å². The maximum Gasteiger partial charge on any atom is 0.0884 e. The maximum absolute atomic E-state index is 4.18. The van der Waals surface area contributed by atoms with Crippen molar-refractivity contribution in [3.8, 4) is 0 Å². The summed E-state index contributed by atoms with van der Waals surface area (Å²) in [5.41, 5.74) is 2.90. The maximum atomic E-state index is 4.18. The Kier molecular flexibility index (Phi) is 2.75. The van der Waals surface area contributed by atoms with Gasteiger partial charge in [0, 0.05) is 6.21 Å². The van der Waals surface area contributed by atoms with E-state index in [4.69, 9.17) is 0 Å². The molecule has 0 bridgehead atoms. The summed E-state index contributed by atoms with van der Waals surface area (Å²) in [6.45, 7) is 7.39. The molecule has 1 aromatic carbocycles. The molecule has 0 aliphatic carbocycles. The van der Waals surface area contributed by atoms with Crippen LogP contribution >= 0.6 is 0 Å². The van der Waals surface area contributed by atoms with Crippen LogP contribution in [-0.4, -0.2) is 12.9 Å². The van der Waals surface area contributed by atoms with Crippen LogP contribution in [0, 0.1) is 6.92 Å². The van der Waals surface area contributed by atoms with Gasteiger partial charge in [0.2, 0.25) is 0 Å². The van der Waals surface area contributed by atoms with E-state index in [0.29, 0.717) is 0 Å². The van der Waals surface area contributed by atoms with E-state index >= 15 is 0 Å². The number of hydrogen-bond acceptors (Lipinski definition) is 2. The zero-order valence-electron chi connectivity index (χ0n) is 7.41. The van der Waals surface area contributed by atoms with Crippen LogP contribution in [0.3, 0.4) is 0 Å². The quantitative estimate of drug-likeness (QED) is 0.594. The van der Waals surface area contributed by atoms with E-state index in [0.717, 1.165) is 11.4 Å². The second kappa shape index (κ2) is 3.81. The van der Waals surface area contributed by atoms with Crippen molar-refractivity contribution in [3.05, 3.63) is 23.8 Å². The molecule has 0 aliphatic rings. The van der Waals surface area contributed by atoms with Crippen LogP contribution in [0.15, 0.2) is 28.2 Å². The van der Waals surface area contributed by atoms with Gasteiger partial charge in [-0.1, -0.05) is 6.07 Å². The van der Waals surface area contributed by atoms with E-state index < -0.39 is 0 Å². The van der Waals surface area contributed by atoms with Gasteiger partial charge < -0.3 is 0 Å². The summed E-state index contributed by atoms with van der Waals surface area (Å²) < 4.78 is 0. The van der Waals surface area contributed by atoms with Gasteiger partial charge in [-0.15, -0.1) is 0 Å². The van der Waals surface area contributed by atoms with Gasteiger partial charge in [-0.3, -0.25) is 9.98 Å². The fourth-order valence-corrected chi connectivity index (χ4v) is 1.01. The highest BCUT2D eigenvalue weighted by molar-refractivity contribution is 5.71.